The topological polar surface area (TPSA) is 413 Å². The van der Waals surface area contributed by atoms with Gasteiger partial charge in [0.15, 0.2) is 0 Å². The second-order valence-electron chi connectivity index (χ2n) is 2.89. The zero-order valence-corrected chi connectivity index (χ0v) is 21.8. The van der Waals surface area contributed by atoms with Gasteiger partial charge in [-0.1, -0.05) is 0 Å². The van der Waals surface area contributed by atoms with Gasteiger partial charge >= 0.3 is 35.8 Å². The van der Waals surface area contributed by atoms with Crippen molar-refractivity contribution in [1.82, 2.24) is 0 Å². The van der Waals surface area contributed by atoms with Crippen LogP contribution in [0.5, 0.6) is 0 Å². The third-order valence-electron chi connectivity index (χ3n) is 0.907. The Morgan fingerprint density at radius 3 is 0.414 bits per heavy atom. The maximum absolute atomic E-state index is 9.43. The van der Waals surface area contributed by atoms with Crippen molar-refractivity contribution in [2.45, 2.75) is 19.3 Å². The summed E-state index contributed by atoms with van der Waals surface area (Å²) in [5.41, 5.74) is 0. The van der Waals surface area contributed by atoms with E-state index in [-0.39, 0.29) is 115 Å². The molecule has 0 heterocycles. The molecule has 2 radical (unpaired) electrons. The summed E-state index contributed by atoms with van der Waals surface area (Å²) in [7, 11) is 0. The molecule has 0 saturated heterocycles. The average Bonchev–Trinajstić information content (AvgIpc) is 2.10. The Bertz CT molecular complexity index is 326. The van der Waals surface area contributed by atoms with Crippen molar-refractivity contribution in [2.24, 2.45) is 0 Å². The van der Waals surface area contributed by atoms with E-state index in [1.54, 1.807) is 0 Å². The summed E-state index contributed by atoms with van der Waals surface area (Å²) in [5.74, 6) is -7.88. The summed E-state index contributed by atoms with van der Waals surface area (Å²) in [6, 6.07) is 0. The quantitative estimate of drug-likeness (QED) is 0.141. The summed E-state index contributed by atoms with van der Waals surface area (Å²) in [6.07, 6.45) is -2.42. The number of aliphatic carboxylic acids is 6. The van der Waals surface area contributed by atoms with Crippen molar-refractivity contribution in [3.05, 3.63) is 0 Å². The Kier molecular flexibility index (Phi) is 111. The van der Waals surface area contributed by atoms with Gasteiger partial charge in [-0.3, -0.25) is 28.8 Å². The van der Waals surface area contributed by atoms with E-state index in [4.69, 9.17) is 30.6 Å². The number of carbonyl (C=O) groups is 6. The first kappa shape index (κ1) is 70.5. The first-order chi connectivity index (χ1) is 9.38. The van der Waals surface area contributed by atoms with Crippen LogP contribution < -0.4 is 0 Å². The second kappa shape index (κ2) is 45.8. The molecule has 0 aromatic rings. The maximum atomic E-state index is 9.43. The number of carboxylic acids is 6. The molecule has 0 fully saturated rings. The maximum Gasteiger partial charge on any atom is 0.314 e. The summed E-state index contributed by atoms with van der Waals surface area (Å²) < 4.78 is 0. The molecular formula is C9H24O18Pr2. The van der Waals surface area contributed by atoms with Gasteiger partial charge in [-0.15, -0.1) is 0 Å². The molecule has 0 spiro atoms. The van der Waals surface area contributed by atoms with Crippen LogP contribution in [0, 0.1) is 82.6 Å². The predicted molar refractivity (Wildman–Crippen MR) is 81.3 cm³/mol. The van der Waals surface area contributed by atoms with Crippen LogP contribution in [0.2, 0.25) is 0 Å². The monoisotopic (exact) mass is 702 g/mol. The molecule has 0 rings (SSSR count). The molecule has 0 amide bonds. The van der Waals surface area contributed by atoms with Crippen molar-refractivity contribution in [3.63, 3.8) is 0 Å². The summed E-state index contributed by atoms with van der Waals surface area (Å²) in [5, 5.41) is 46.2. The van der Waals surface area contributed by atoms with Crippen molar-refractivity contribution in [2.75, 3.05) is 0 Å². The van der Waals surface area contributed by atoms with Gasteiger partial charge in [0.25, 0.3) is 0 Å². The van der Waals surface area contributed by atoms with E-state index in [1.807, 2.05) is 0 Å². The van der Waals surface area contributed by atoms with Gasteiger partial charge in [0, 0.05) is 82.6 Å². The largest absolute Gasteiger partial charge is 0.481 e. The van der Waals surface area contributed by atoms with Crippen LogP contribution in [0.25, 0.3) is 0 Å². The molecule has 0 aliphatic heterocycles. The number of carboxylic acid groups (broad SMARTS) is 6. The molecule has 0 aromatic carbocycles. The molecule has 0 bridgehead atoms. The Balaban J connectivity index is -0.0000000164. The van der Waals surface area contributed by atoms with Gasteiger partial charge in [-0.25, -0.2) is 0 Å². The van der Waals surface area contributed by atoms with E-state index in [2.05, 4.69) is 0 Å². The zero-order chi connectivity index (χ0) is 17.6. The van der Waals surface area contributed by atoms with Gasteiger partial charge in [-0.2, -0.15) is 0 Å². The van der Waals surface area contributed by atoms with Crippen LogP contribution >= 0.6 is 0 Å². The van der Waals surface area contributed by atoms with E-state index in [0.717, 1.165) is 0 Å². The molecule has 0 aromatic heterocycles. The third-order valence-corrected chi connectivity index (χ3v) is 0.907. The fourth-order valence-corrected chi connectivity index (χ4v) is 0.388. The Labute approximate surface area is 227 Å². The van der Waals surface area contributed by atoms with Crippen LogP contribution in [0.3, 0.4) is 0 Å². The minimum absolute atomic E-state index is 0. The Hall–Kier alpha value is -0.693. The molecule has 29 heavy (non-hydrogen) atoms. The first-order valence-electron chi connectivity index (χ1n) is 4.69. The molecule has 174 valence electrons. The number of hydrogen-bond acceptors (Lipinski definition) is 6. The average molecular weight is 702 g/mol. The fraction of sp³-hybridized carbons (Fsp3) is 0.333. The molecule has 0 aliphatic carbocycles. The van der Waals surface area contributed by atoms with E-state index >= 15 is 0 Å². The second-order valence-corrected chi connectivity index (χ2v) is 2.89. The SMILES string of the molecule is O.O.O.O.O.O.O=C(O)CC(=O)O.O=C(O)CC(=O)O.O=C(O)CC(=O)O.[Pr].[Pr]. The fourth-order valence-electron chi connectivity index (χ4n) is 0.388. The Morgan fingerprint density at radius 1 is 0.345 bits per heavy atom. The number of rotatable bonds is 6. The van der Waals surface area contributed by atoms with Crippen molar-refractivity contribution >= 4 is 35.8 Å². The van der Waals surface area contributed by atoms with E-state index in [0.29, 0.717) is 0 Å². The van der Waals surface area contributed by atoms with Gasteiger partial charge in [0.2, 0.25) is 0 Å². The summed E-state index contributed by atoms with van der Waals surface area (Å²) >= 11 is 0. The van der Waals surface area contributed by atoms with Gasteiger partial charge in [0.1, 0.15) is 19.3 Å². The standard InChI is InChI=1S/3C3H4O4.6H2O.2Pr/c3*4-2(5)1-3(6)7;;;;;;;;/h3*1H2,(H,4,5)(H,6,7);6*1H2;;. The third kappa shape index (κ3) is 137. The first-order valence-corrected chi connectivity index (χ1v) is 4.69. The molecular weight excluding hydrogens is 678 g/mol. The normalized spacial score (nSPS) is 5.79. The van der Waals surface area contributed by atoms with E-state index in [1.165, 1.54) is 0 Å². The van der Waals surface area contributed by atoms with Crippen LogP contribution in [-0.2, 0) is 28.8 Å². The smallest absolute Gasteiger partial charge is 0.314 e. The van der Waals surface area contributed by atoms with Gasteiger partial charge < -0.3 is 63.5 Å². The van der Waals surface area contributed by atoms with E-state index in [9.17, 15) is 28.8 Å². The predicted octanol–water partition coefficient (Wildman–Crippen LogP) is -6.31. The summed E-state index contributed by atoms with van der Waals surface area (Å²) in [6.45, 7) is 0. The minimum atomic E-state index is -1.31. The molecule has 0 saturated carbocycles. The van der Waals surface area contributed by atoms with Crippen LogP contribution in [0.15, 0.2) is 0 Å². The minimum Gasteiger partial charge on any atom is -0.481 e. The summed E-state index contributed by atoms with van der Waals surface area (Å²) in [4.78, 5) is 56.6. The van der Waals surface area contributed by atoms with Gasteiger partial charge in [-0.05, 0) is 0 Å². The van der Waals surface area contributed by atoms with Crippen LogP contribution in [0.4, 0.5) is 0 Å². The van der Waals surface area contributed by atoms with E-state index < -0.39 is 55.1 Å². The molecule has 18 N–H and O–H groups in total. The zero-order valence-electron chi connectivity index (χ0n) is 14.4. The van der Waals surface area contributed by atoms with Crippen LogP contribution in [-0.4, -0.2) is 99.3 Å². The van der Waals surface area contributed by atoms with Crippen molar-refractivity contribution in [3.8, 4) is 0 Å². The Morgan fingerprint density at radius 2 is 0.414 bits per heavy atom. The molecule has 0 unspecified atom stereocenters. The van der Waals surface area contributed by atoms with Crippen LogP contribution in [0.1, 0.15) is 19.3 Å². The molecule has 20 heteroatoms. The van der Waals surface area contributed by atoms with Gasteiger partial charge in [0.05, 0.1) is 0 Å². The number of hydrogen-bond donors (Lipinski definition) is 6. The van der Waals surface area contributed by atoms with Crippen molar-refractivity contribution in [1.29, 1.82) is 0 Å². The molecule has 0 aliphatic rings. The van der Waals surface area contributed by atoms with Crippen molar-refractivity contribution < 1.29 is 175 Å². The molecule has 18 nitrogen and oxygen atoms in total. The molecule has 0 atom stereocenters.